The van der Waals surface area contributed by atoms with Gasteiger partial charge in [0.2, 0.25) is 0 Å². The highest BCUT2D eigenvalue weighted by Crippen LogP contribution is 2.57. The van der Waals surface area contributed by atoms with Crippen molar-refractivity contribution in [1.82, 2.24) is 10.2 Å². The average molecular weight is 484 g/mol. The van der Waals surface area contributed by atoms with Crippen LogP contribution in [0.4, 0.5) is 5.69 Å². The van der Waals surface area contributed by atoms with Gasteiger partial charge in [-0.2, -0.15) is 0 Å². The van der Waals surface area contributed by atoms with Gasteiger partial charge in [-0.3, -0.25) is 4.99 Å². The number of hydrogen-bond acceptors (Lipinski definition) is 3. The van der Waals surface area contributed by atoms with E-state index in [-0.39, 0.29) is 24.0 Å². The lowest BCUT2D eigenvalue weighted by Gasteiger charge is -2.42. The van der Waals surface area contributed by atoms with Gasteiger partial charge in [-0.25, -0.2) is 0 Å². The van der Waals surface area contributed by atoms with E-state index >= 15 is 0 Å². The predicted molar refractivity (Wildman–Crippen MR) is 122 cm³/mol. The molecule has 150 valence electrons. The third-order valence-electron chi connectivity index (χ3n) is 6.47. The van der Waals surface area contributed by atoms with Crippen molar-refractivity contribution in [1.29, 1.82) is 0 Å². The number of aliphatic imine (C=N–C) groups is 1. The van der Waals surface area contributed by atoms with Crippen molar-refractivity contribution in [2.45, 2.75) is 39.0 Å². The van der Waals surface area contributed by atoms with Crippen molar-refractivity contribution in [2.24, 2.45) is 16.3 Å². The fourth-order valence-corrected chi connectivity index (χ4v) is 4.57. The minimum Gasteiger partial charge on any atom is -0.506 e. The standard InChI is InChI=1S/C21H32N4O.HI/c1-2-22-20(23-16-21(10-5-11-21)17-8-9-17)25-14-12-24(13-15-25)18-6-3-4-7-19(18)26;/h3-4,6-7,17,26H,2,5,8-16H2,1H3,(H,22,23);1H. The lowest BCUT2D eigenvalue weighted by Crippen LogP contribution is -2.53. The van der Waals surface area contributed by atoms with Crippen LogP contribution in [0.1, 0.15) is 39.0 Å². The summed E-state index contributed by atoms with van der Waals surface area (Å²) in [5.41, 5.74) is 1.47. The summed E-state index contributed by atoms with van der Waals surface area (Å²) in [6.45, 7) is 7.77. The Morgan fingerprint density at radius 3 is 2.44 bits per heavy atom. The van der Waals surface area contributed by atoms with Gasteiger partial charge < -0.3 is 20.2 Å². The van der Waals surface area contributed by atoms with Gasteiger partial charge >= 0.3 is 0 Å². The molecule has 1 heterocycles. The number of nitrogens with zero attached hydrogens (tertiary/aromatic N) is 3. The van der Waals surface area contributed by atoms with Crippen LogP contribution in [0, 0.1) is 11.3 Å². The number of phenols is 1. The second-order valence-electron chi connectivity index (χ2n) is 8.12. The van der Waals surface area contributed by atoms with Crippen molar-refractivity contribution in [2.75, 3.05) is 44.2 Å². The zero-order chi connectivity index (χ0) is 18.0. The molecule has 6 heteroatoms. The van der Waals surface area contributed by atoms with E-state index in [4.69, 9.17) is 4.99 Å². The van der Waals surface area contributed by atoms with Crippen LogP contribution in [0.3, 0.4) is 0 Å². The summed E-state index contributed by atoms with van der Waals surface area (Å²) in [6, 6.07) is 7.63. The van der Waals surface area contributed by atoms with E-state index < -0.39 is 0 Å². The number of rotatable bonds is 5. The molecule has 0 amide bonds. The lowest BCUT2D eigenvalue weighted by molar-refractivity contribution is 0.112. The third kappa shape index (κ3) is 4.46. The van der Waals surface area contributed by atoms with Gasteiger partial charge in [0, 0.05) is 39.3 Å². The van der Waals surface area contributed by atoms with E-state index in [1.165, 1.54) is 32.1 Å². The maximum Gasteiger partial charge on any atom is 0.194 e. The molecule has 3 fully saturated rings. The molecule has 1 aliphatic heterocycles. The summed E-state index contributed by atoms with van der Waals surface area (Å²) >= 11 is 0. The fourth-order valence-electron chi connectivity index (χ4n) is 4.57. The van der Waals surface area contributed by atoms with E-state index in [1.807, 2.05) is 18.2 Å². The second kappa shape index (κ2) is 8.88. The molecule has 0 aromatic heterocycles. The normalized spacial score (nSPS) is 22.0. The smallest absolute Gasteiger partial charge is 0.194 e. The number of hydrogen-bond donors (Lipinski definition) is 2. The van der Waals surface area contributed by atoms with Crippen molar-refractivity contribution in [3.05, 3.63) is 24.3 Å². The van der Waals surface area contributed by atoms with Gasteiger partial charge in [0.15, 0.2) is 5.96 Å². The quantitative estimate of drug-likeness (QED) is 0.381. The number of phenolic OH excluding ortho intramolecular Hbond substituents is 1. The Hall–Kier alpha value is -1.18. The topological polar surface area (TPSA) is 51.1 Å². The van der Waals surface area contributed by atoms with Crippen molar-refractivity contribution in [3.63, 3.8) is 0 Å². The molecule has 1 saturated heterocycles. The first kappa shape index (κ1) is 20.6. The van der Waals surface area contributed by atoms with Crippen LogP contribution in [0.5, 0.6) is 5.75 Å². The number of benzene rings is 1. The average Bonchev–Trinajstić information content (AvgIpc) is 3.46. The fraction of sp³-hybridized carbons (Fsp3) is 0.667. The highest BCUT2D eigenvalue weighted by molar-refractivity contribution is 14.0. The van der Waals surface area contributed by atoms with E-state index in [2.05, 4.69) is 22.0 Å². The molecule has 0 unspecified atom stereocenters. The van der Waals surface area contributed by atoms with E-state index in [1.54, 1.807) is 6.07 Å². The van der Waals surface area contributed by atoms with Crippen molar-refractivity contribution in [3.8, 4) is 5.75 Å². The largest absolute Gasteiger partial charge is 0.506 e. The van der Waals surface area contributed by atoms with Gasteiger partial charge in [-0.15, -0.1) is 24.0 Å². The monoisotopic (exact) mass is 484 g/mol. The van der Waals surface area contributed by atoms with Gasteiger partial charge in [0.05, 0.1) is 5.69 Å². The first-order valence-electron chi connectivity index (χ1n) is 10.3. The molecule has 0 atom stereocenters. The van der Waals surface area contributed by atoms with Gasteiger partial charge in [-0.1, -0.05) is 18.6 Å². The zero-order valence-corrected chi connectivity index (χ0v) is 18.7. The van der Waals surface area contributed by atoms with Crippen molar-refractivity contribution >= 4 is 35.6 Å². The first-order chi connectivity index (χ1) is 12.7. The minimum atomic E-state index is 0. The van der Waals surface area contributed by atoms with Crippen LogP contribution in [-0.2, 0) is 0 Å². The minimum absolute atomic E-state index is 0. The first-order valence-corrected chi connectivity index (χ1v) is 10.3. The Morgan fingerprint density at radius 2 is 1.89 bits per heavy atom. The molecule has 4 rings (SSSR count). The third-order valence-corrected chi connectivity index (χ3v) is 6.47. The van der Waals surface area contributed by atoms with Crippen LogP contribution in [0.25, 0.3) is 0 Å². The summed E-state index contributed by atoms with van der Waals surface area (Å²) in [4.78, 5) is 9.73. The number of nitrogens with one attached hydrogen (secondary N) is 1. The molecule has 0 radical (unpaired) electrons. The molecule has 2 aliphatic carbocycles. The molecule has 1 aromatic rings. The van der Waals surface area contributed by atoms with Crippen LogP contribution in [-0.4, -0.2) is 55.2 Å². The van der Waals surface area contributed by atoms with E-state index in [0.29, 0.717) is 11.2 Å². The summed E-state index contributed by atoms with van der Waals surface area (Å²) in [7, 11) is 0. The number of guanidine groups is 1. The Balaban J connectivity index is 0.00000210. The maximum absolute atomic E-state index is 10.1. The molecule has 2 saturated carbocycles. The molecule has 5 nitrogen and oxygen atoms in total. The number of aromatic hydroxyl groups is 1. The number of halogens is 1. The second-order valence-corrected chi connectivity index (χ2v) is 8.12. The zero-order valence-electron chi connectivity index (χ0n) is 16.4. The highest BCUT2D eigenvalue weighted by atomic mass is 127. The molecule has 0 bridgehead atoms. The highest BCUT2D eigenvalue weighted by Gasteiger charge is 2.48. The summed E-state index contributed by atoms with van der Waals surface area (Å²) in [5.74, 6) is 2.40. The molecular weight excluding hydrogens is 451 g/mol. The van der Waals surface area contributed by atoms with Crippen LogP contribution in [0.2, 0.25) is 0 Å². The van der Waals surface area contributed by atoms with E-state index in [9.17, 15) is 5.11 Å². The van der Waals surface area contributed by atoms with Crippen molar-refractivity contribution < 1.29 is 5.11 Å². The molecule has 1 aromatic carbocycles. The Kier molecular flexibility index (Phi) is 6.76. The number of para-hydroxylation sites is 2. The molecule has 0 spiro atoms. The van der Waals surface area contributed by atoms with Gasteiger partial charge in [0.25, 0.3) is 0 Å². The molecule has 2 N–H and O–H groups in total. The Morgan fingerprint density at radius 1 is 1.19 bits per heavy atom. The number of anilines is 1. The molecular formula is C21H33IN4O. The number of piperazine rings is 1. The van der Waals surface area contributed by atoms with Crippen LogP contribution in [0.15, 0.2) is 29.3 Å². The van der Waals surface area contributed by atoms with Gasteiger partial charge in [0.1, 0.15) is 5.75 Å². The summed E-state index contributed by atoms with van der Waals surface area (Å²) < 4.78 is 0. The summed E-state index contributed by atoms with van der Waals surface area (Å²) in [5, 5.41) is 13.6. The maximum atomic E-state index is 10.1. The molecule has 27 heavy (non-hydrogen) atoms. The molecule has 3 aliphatic rings. The Bertz CT molecular complexity index is 649. The predicted octanol–water partition coefficient (Wildman–Crippen LogP) is 3.68. The summed E-state index contributed by atoms with van der Waals surface area (Å²) in [6.07, 6.45) is 6.99. The van der Waals surface area contributed by atoms with E-state index in [0.717, 1.165) is 56.8 Å². The van der Waals surface area contributed by atoms with Gasteiger partial charge in [-0.05, 0) is 56.1 Å². The Labute approximate surface area is 180 Å². The lowest BCUT2D eigenvalue weighted by atomic mass is 9.65. The van der Waals surface area contributed by atoms with Crippen LogP contribution < -0.4 is 10.2 Å². The SMILES string of the molecule is CCNC(=NCC1(C2CC2)CCC1)N1CCN(c2ccccc2O)CC1.I. The van der Waals surface area contributed by atoms with Crippen LogP contribution >= 0.6 is 24.0 Å².